The van der Waals surface area contributed by atoms with Crippen LogP contribution < -0.4 is 9.04 Å². The van der Waals surface area contributed by atoms with Crippen LogP contribution in [0.1, 0.15) is 26.7 Å². The molecule has 1 aromatic carbocycles. The maximum atomic E-state index is 12.6. The lowest BCUT2D eigenvalue weighted by Gasteiger charge is -2.33. The monoisotopic (exact) mass is 354 g/mol. The molecule has 0 spiro atoms. The van der Waals surface area contributed by atoms with Gasteiger partial charge in [-0.05, 0) is 37.8 Å². The Balaban J connectivity index is 2.20. The number of piperidine rings is 1. The number of ether oxygens (including phenoxy) is 1. The molecule has 1 aromatic rings. The van der Waals surface area contributed by atoms with E-state index in [0.29, 0.717) is 37.1 Å². The predicted octanol–water partition coefficient (Wildman–Crippen LogP) is 2.11. The van der Waals surface area contributed by atoms with Crippen molar-refractivity contribution in [3.05, 3.63) is 24.3 Å². The van der Waals surface area contributed by atoms with Gasteiger partial charge in [0.1, 0.15) is 12.3 Å². The highest BCUT2D eigenvalue weighted by Crippen LogP contribution is 2.24. The van der Waals surface area contributed by atoms with Gasteiger partial charge in [0.15, 0.2) is 0 Å². The molecule has 1 fully saturated rings. The molecule has 0 bridgehead atoms. The summed E-state index contributed by atoms with van der Waals surface area (Å²) in [5.41, 5.74) is 0.446. The average molecular weight is 354 g/mol. The number of hydrogen-bond acceptors (Lipinski definition) is 4. The van der Waals surface area contributed by atoms with Crippen molar-refractivity contribution < 1.29 is 17.9 Å². The van der Waals surface area contributed by atoms with Gasteiger partial charge in [-0.3, -0.25) is 9.10 Å². The van der Waals surface area contributed by atoms with Crippen LogP contribution in [0.2, 0.25) is 0 Å². The minimum atomic E-state index is -3.57. The summed E-state index contributed by atoms with van der Waals surface area (Å²) in [6.07, 6.45) is 3.19. The Hall–Kier alpha value is -1.76. The van der Waals surface area contributed by atoms with Crippen molar-refractivity contribution in [1.29, 1.82) is 0 Å². The van der Waals surface area contributed by atoms with E-state index >= 15 is 0 Å². The second-order valence-electron chi connectivity index (χ2n) is 6.29. The van der Waals surface area contributed by atoms with Crippen molar-refractivity contribution in [3.8, 4) is 5.75 Å². The number of carbonyl (C=O) groups excluding carboxylic acids is 1. The van der Waals surface area contributed by atoms with Crippen molar-refractivity contribution >= 4 is 21.6 Å². The minimum absolute atomic E-state index is 0.159. The molecule has 1 unspecified atom stereocenters. The first-order valence-corrected chi connectivity index (χ1v) is 10.1. The van der Waals surface area contributed by atoms with Crippen molar-refractivity contribution in [2.24, 2.45) is 5.92 Å². The molecule has 6 nitrogen and oxygen atoms in total. The largest absolute Gasteiger partial charge is 0.494 e. The zero-order chi connectivity index (χ0) is 17.7. The standard InChI is InChI=1S/C17H26N2O4S/c1-4-23-16-9-5-8-15(11-16)19(24(3,21)22)13-17(20)18-10-6-7-14(2)12-18/h5,8-9,11,14H,4,6-7,10,12-13H2,1-3H3. The number of sulfonamides is 1. The predicted molar refractivity (Wildman–Crippen MR) is 94.8 cm³/mol. The first kappa shape index (κ1) is 18.6. The van der Waals surface area contributed by atoms with E-state index in [4.69, 9.17) is 4.74 Å². The summed E-state index contributed by atoms with van der Waals surface area (Å²) in [6.45, 7) is 5.67. The summed E-state index contributed by atoms with van der Waals surface area (Å²) in [4.78, 5) is 14.3. The smallest absolute Gasteiger partial charge is 0.243 e. The van der Waals surface area contributed by atoms with E-state index in [-0.39, 0.29) is 12.5 Å². The third kappa shape index (κ3) is 4.87. The second-order valence-corrected chi connectivity index (χ2v) is 8.19. The lowest BCUT2D eigenvalue weighted by atomic mass is 10.0. The fraction of sp³-hybridized carbons (Fsp3) is 0.588. The Bertz CT molecular complexity index is 675. The molecule has 1 saturated heterocycles. The number of benzene rings is 1. The van der Waals surface area contributed by atoms with E-state index in [1.165, 1.54) is 0 Å². The number of hydrogen-bond donors (Lipinski definition) is 0. The van der Waals surface area contributed by atoms with Crippen LogP contribution in [0.3, 0.4) is 0 Å². The fourth-order valence-corrected chi connectivity index (χ4v) is 3.78. The maximum Gasteiger partial charge on any atom is 0.243 e. The molecule has 134 valence electrons. The molecule has 2 rings (SSSR count). The van der Waals surface area contributed by atoms with Crippen LogP contribution in [0.25, 0.3) is 0 Å². The lowest BCUT2D eigenvalue weighted by molar-refractivity contribution is -0.131. The van der Waals surface area contributed by atoms with Crippen molar-refractivity contribution in [2.75, 3.05) is 36.8 Å². The molecule has 1 amide bonds. The van der Waals surface area contributed by atoms with Crippen LogP contribution in [0.4, 0.5) is 5.69 Å². The van der Waals surface area contributed by atoms with Crippen LogP contribution in [-0.2, 0) is 14.8 Å². The molecule has 1 aliphatic rings. The van der Waals surface area contributed by atoms with Gasteiger partial charge in [0.25, 0.3) is 0 Å². The van der Waals surface area contributed by atoms with Crippen molar-refractivity contribution in [3.63, 3.8) is 0 Å². The number of amides is 1. The van der Waals surface area contributed by atoms with Gasteiger partial charge in [-0.25, -0.2) is 8.42 Å². The molecule has 1 atom stereocenters. The molecular formula is C17H26N2O4S. The van der Waals surface area contributed by atoms with E-state index in [0.717, 1.165) is 23.4 Å². The highest BCUT2D eigenvalue weighted by atomic mass is 32.2. The molecule has 0 aromatic heterocycles. The van der Waals surface area contributed by atoms with Gasteiger partial charge < -0.3 is 9.64 Å². The minimum Gasteiger partial charge on any atom is -0.494 e. The Labute approximate surface area is 144 Å². The maximum absolute atomic E-state index is 12.6. The summed E-state index contributed by atoms with van der Waals surface area (Å²) in [5.74, 6) is 0.882. The molecule has 0 radical (unpaired) electrons. The van der Waals surface area contributed by atoms with Crippen LogP contribution in [0.15, 0.2) is 24.3 Å². The third-order valence-electron chi connectivity index (χ3n) is 4.11. The van der Waals surface area contributed by atoms with Gasteiger partial charge in [-0.2, -0.15) is 0 Å². The van der Waals surface area contributed by atoms with Crippen molar-refractivity contribution in [2.45, 2.75) is 26.7 Å². The summed E-state index contributed by atoms with van der Waals surface area (Å²) < 4.78 is 31.0. The molecule has 1 aliphatic heterocycles. The van der Waals surface area contributed by atoms with Crippen LogP contribution in [0.5, 0.6) is 5.75 Å². The van der Waals surface area contributed by atoms with Gasteiger partial charge in [-0.1, -0.05) is 13.0 Å². The van der Waals surface area contributed by atoms with Gasteiger partial charge in [0.05, 0.1) is 18.6 Å². The summed E-state index contributed by atoms with van der Waals surface area (Å²) in [5, 5.41) is 0. The number of nitrogens with zero attached hydrogens (tertiary/aromatic N) is 2. The fourth-order valence-electron chi connectivity index (χ4n) is 2.93. The molecule has 0 saturated carbocycles. The number of carbonyl (C=O) groups is 1. The van der Waals surface area contributed by atoms with E-state index in [2.05, 4.69) is 6.92 Å². The highest BCUT2D eigenvalue weighted by Gasteiger charge is 2.26. The number of likely N-dealkylation sites (tertiary alicyclic amines) is 1. The molecular weight excluding hydrogens is 328 g/mol. The summed E-state index contributed by atoms with van der Waals surface area (Å²) in [6, 6.07) is 6.82. The van der Waals surface area contributed by atoms with E-state index in [9.17, 15) is 13.2 Å². The van der Waals surface area contributed by atoms with Gasteiger partial charge in [0.2, 0.25) is 15.9 Å². The first-order valence-electron chi connectivity index (χ1n) is 8.29. The normalized spacial score (nSPS) is 18.3. The van der Waals surface area contributed by atoms with E-state index in [1.807, 2.05) is 6.92 Å². The summed E-state index contributed by atoms with van der Waals surface area (Å²) in [7, 11) is -3.57. The highest BCUT2D eigenvalue weighted by molar-refractivity contribution is 7.92. The van der Waals surface area contributed by atoms with Crippen LogP contribution in [0, 0.1) is 5.92 Å². The number of rotatable bonds is 6. The average Bonchev–Trinajstić information content (AvgIpc) is 2.52. The van der Waals surface area contributed by atoms with Crippen LogP contribution in [-0.4, -0.2) is 51.7 Å². The Kier molecular flexibility index (Phi) is 6.10. The molecule has 1 heterocycles. The number of anilines is 1. The van der Waals surface area contributed by atoms with E-state index < -0.39 is 10.0 Å². The molecule has 0 aliphatic carbocycles. The summed E-state index contributed by atoms with van der Waals surface area (Å²) >= 11 is 0. The van der Waals surface area contributed by atoms with Gasteiger partial charge in [0, 0.05) is 19.2 Å². The Morgan fingerprint density at radius 3 is 2.79 bits per heavy atom. The van der Waals surface area contributed by atoms with E-state index in [1.54, 1.807) is 29.2 Å². The molecule has 24 heavy (non-hydrogen) atoms. The zero-order valence-electron chi connectivity index (χ0n) is 14.6. The lowest BCUT2D eigenvalue weighted by Crippen LogP contribution is -2.46. The van der Waals surface area contributed by atoms with Gasteiger partial charge in [-0.15, -0.1) is 0 Å². The first-order chi connectivity index (χ1) is 11.3. The quantitative estimate of drug-likeness (QED) is 0.785. The SMILES string of the molecule is CCOc1cccc(N(CC(=O)N2CCCC(C)C2)S(C)(=O)=O)c1. The molecule has 7 heteroatoms. The molecule has 0 N–H and O–H groups in total. The Morgan fingerprint density at radius 2 is 2.17 bits per heavy atom. The topological polar surface area (TPSA) is 66.9 Å². The second kappa shape index (κ2) is 7.88. The van der Waals surface area contributed by atoms with Crippen LogP contribution >= 0.6 is 0 Å². The third-order valence-corrected chi connectivity index (χ3v) is 5.25. The van der Waals surface area contributed by atoms with Gasteiger partial charge >= 0.3 is 0 Å². The van der Waals surface area contributed by atoms with Crippen molar-refractivity contribution in [1.82, 2.24) is 4.90 Å². The Morgan fingerprint density at radius 1 is 1.42 bits per heavy atom. The zero-order valence-corrected chi connectivity index (χ0v) is 15.4.